The first-order valence-electron chi connectivity index (χ1n) is 11.5. The van der Waals surface area contributed by atoms with Crippen molar-refractivity contribution in [3.8, 4) is 34.1 Å². The van der Waals surface area contributed by atoms with Crippen LogP contribution in [0.3, 0.4) is 0 Å². The van der Waals surface area contributed by atoms with Crippen molar-refractivity contribution in [1.29, 1.82) is 0 Å². The predicted molar refractivity (Wildman–Crippen MR) is 140 cm³/mol. The number of aromatic hydroxyl groups is 4. The van der Waals surface area contributed by atoms with Crippen LogP contribution in [-0.2, 0) is 0 Å². The van der Waals surface area contributed by atoms with Crippen molar-refractivity contribution in [2.24, 2.45) is 0 Å². The summed E-state index contributed by atoms with van der Waals surface area (Å²) in [7, 11) is 0. The van der Waals surface area contributed by atoms with E-state index in [9.17, 15) is 49.5 Å². The molecule has 2 heterocycles. The molecule has 0 fully saturated rings. The number of ketones is 2. The van der Waals surface area contributed by atoms with Gasteiger partial charge in [-0.1, -0.05) is 0 Å². The van der Waals surface area contributed by atoms with Crippen molar-refractivity contribution in [2.45, 2.75) is 20.8 Å². The van der Waals surface area contributed by atoms with Crippen molar-refractivity contribution < 1.29 is 48.8 Å². The third kappa shape index (κ3) is 3.50. The van der Waals surface area contributed by atoms with E-state index in [1.165, 1.54) is 6.92 Å². The van der Waals surface area contributed by atoms with E-state index in [1.54, 1.807) is 0 Å². The fourth-order valence-electron chi connectivity index (χ4n) is 4.84. The maximum Gasteiger partial charge on any atom is 0.340 e. The van der Waals surface area contributed by atoms with E-state index in [1.807, 2.05) is 0 Å². The molecule has 5 rings (SSSR count). The highest BCUT2D eigenvalue weighted by molar-refractivity contribution is 6.18. The van der Waals surface area contributed by atoms with E-state index in [-0.39, 0.29) is 33.2 Å². The second kappa shape index (κ2) is 8.70. The smallest absolute Gasteiger partial charge is 0.340 e. The largest absolute Gasteiger partial charge is 0.504 e. The number of carboxylic acids is 1. The topological polar surface area (TPSA) is 213 Å². The number of carbonyl (C=O) groups excluding carboxylic acids is 2. The molecule has 0 saturated heterocycles. The van der Waals surface area contributed by atoms with Gasteiger partial charge in [-0.05, 0) is 26.8 Å². The van der Waals surface area contributed by atoms with E-state index >= 15 is 0 Å². The molecule has 0 radical (unpaired) electrons. The molecule has 5 N–H and O–H groups in total. The fraction of sp³-hybridized carbons (Fsp3) is 0.107. The van der Waals surface area contributed by atoms with Crippen molar-refractivity contribution in [1.82, 2.24) is 0 Å². The lowest BCUT2D eigenvalue weighted by Gasteiger charge is -2.16. The number of fused-ring (bicyclic) bond motifs is 3. The van der Waals surface area contributed by atoms with Gasteiger partial charge in [0.2, 0.25) is 10.9 Å². The number of hydrogen-bond donors (Lipinski definition) is 5. The highest BCUT2D eigenvalue weighted by Gasteiger charge is 2.30. The number of aromatic carboxylic acids is 1. The molecule has 0 aliphatic rings. The minimum atomic E-state index is -1.75. The molecule has 0 bridgehead atoms. The van der Waals surface area contributed by atoms with Crippen LogP contribution in [0.25, 0.3) is 44.0 Å². The molecule has 0 aliphatic heterocycles. The van der Waals surface area contributed by atoms with Gasteiger partial charge in [-0.15, -0.1) is 0 Å². The van der Waals surface area contributed by atoms with Gasteiger partial charge in [-0.3, -0.25) is 19.2 Å². The Morgan fingerprint density at radius 3 is 2.00 bits per heavy atom. The molecule has 2 aromatic heterocycles. The molecule has 40 heavy (non-hydrogen) atoms. The van der Waals surface area contributed by atoms with Crippen LogP contribution in [0.5, 0.6) is 23.0 Å². The average Bonchev–Trinajstić information content (AvgIpc) is 2.87. The molecule has 0 saturated carbocycles. The molecule has 0 unspecified atom stereocenters. The second-order valence-corrected chi connectivity index (χ2v) is 9.11. The van der Waals surface area contributed by atoms with Gasteiger partial charge < -0.3 is 34.4 Å². The van der Waals surface area contributed by atoms with Crippen molar-refractivity contribution in [2.75, 3.05) is 0 Å². The first kappa shape index (κ1) is 26.0. The highest BCUT2D eigenvalue weighted by Crippen LogP contribution is 2.40. The molecule has 0 aliphatic carbocycles. The van der Waals surface area contributed by atoms with Crippen LogP contribution in [-0.4, -0.2) is 43.1 Å². The number of Topliss-reactive ketones (excluding diaryl/α,β-unsaturated/α-hetero) is 2. The number of carboxylic acid groups (broad SMARTS) is 1. The normalized spacial score (nSPS) is 11.4. The highest BCUT2D eigenvalue weighted by atomic mass is 16.4. The van der Waals surface area contributed by atoms with Crippen LogP contribution in [0, 0.1) is 6.92 Å². The molecule has 0 atom stereocenters. The Hall–Kier alpha value is -5.65. The molecule has 12 nitrogen and oxygen atoms in total. The third-order valence-electron chi connectivity index (χ3n) is 6.68. The molecular weight excluding hydrogens is 528 g/mol. The van der Waals surface area contributed by atoms with Crippen molar-refractivity contribution >= 4 is 50.4 Å². The van der Waals surface area contributed by atoms with E-state index in [0.717, 1.165) is 38.3 Å². The molecule has 12 heteroatoms. The van der Waals surface area contributed by atoms with Crippen LogP contribution in [0.1, 0.15) is 50.5 Å². The molecule has 202 valence electrons. The Bertz CT molecular complexity index is 2130. The van der Waals surface area contributed by atoms with Crippen LogP contribution in [0.2, 0.25) is 0 Å². The number of hydrogen-bond acceptors (Lipinski definition) is 11. The third-order valence-corrected chi connectivity index (χ3v) is 6.68. The lowest BCUT2D eigenvalue weighted by molar-refractivity contribution is 0.0694. The zero-order valence-electron chi connectivity index (χ0n) is 20.9. The maximum atomic E-state index is 13.7. The summed E-state index contributed by atoms with van der Waals surface area (Å²) in [6.07, 6.45) is 0.951. The zero-order valence-corrected chi connectivity index (χ0v) is 20.9. The van der Waals surface area contributed by atoms with Crippen LogP contribution >= 0.6 is 0 Å². The van der Waals surface area contributed by atoms with Gasteiger partial charge in [0.15, 0.2) is 34.6 Å². The van der Waals surface area contributed by atoms with E-state index in [2.05, 4.69) is 0 Å². The zero-order chi connectivity index (χ0) is 29.4. The minimum Gasteiger partial charge on any atom is -0.504 e. The molecule has 3 aromatic carbocycles. The number of carbonyl (C=O) groups is 3. The van der Waals surface area contributed by atoms with Gasteiger partial charge in [-0.2, -0.15) is 0 Å². The number of phenols is 4. The van der Waals surface area contributed by atoms with Gasteiger partial charge in [0.05, 0.1) is 27.3 Å². The van der Waals surface area contributed by atoms with Gasteiger partial charge in [0, 0.05) is 28.8 Å². The Kier molecular flexibility index (Phi) is 5.65. The quantitative estimate of drug-likeness (QED) is 0.123. The second-order valence-electron chi connectivity index (χ2n) is 9.11. The van der Waals surface area contributed by atoms with Crippen LogP contribution in [0.15, 0.2) is 42.9 Å². The number of rotatable bonds is 4. The summed E-state index contributed by atoms with van der Waals surface area (Å²) in [5, 5.41) is 48.7. The number of benzene rings is 3. The summed E-state index contributed by atoms with van der Waals surface area (Å²) in [6.45, 7) is 3.55. The monoisotopic (exact) mass is 546 g/mol. The van der Waals surface area contributed by atoms with Crippen LogP contribution < -0.4 is 10.9 Å². The average molecular weight is 546 g/mol. The Morgan fingerprint density at radius 1 is 0.775 bits per heavy atom. The molecular formula is C28H18O12. The van der Waals surface area contributed by atoms with Crippen molar-refractivity contribution in [3.63, 3.8) is 0 Å². The lowest BCUT2D eigenvalue weighted by Crippen LogP contribution is -2.16. The van der Waals surface area contributed by atoms with E-state index in [4.69, 9.17) is 8.83 Å². The minimum absolute atomic E-state index is 0.0332. The van der Waals surface area contributed by atoms with Crippen LogP contribution in [0.4, 0.5) is 0 Å². The summed E-state index contributed by atoms with van der Waals surface area (Å²) in [6, 6.07) is 2.85. The molecule has 5 aromatic rings. The molecule has 0 amide bonds. The van der Waals surface area contributed by atoms with Gasteiger partial charge in [0.25, 0.3) is 0 Å². The fourth-order valence-corrected chi connectivity index (χ4v) is 4.84. The number of aryl methyl sites for hydroxylation is 1. The van der Waals surface area contributed by atoms with Crippen molar-refractivity contribution in [3.05, 3.63) is 67.2 Å². The summed E-state index contributed by atoms with van der Waals surface area (Å²) in [4.78, 5) is 65.0. The van der Waals surface area contributed by atoms with Gasteiger partial charge >= 0.3 is 5.97 Å². The van der Waals surface area contributed by atoms with Gasteiger partial charge in [-0.25, -0.2) is 4.79 Å². The predicted octanol–water partition coefficient (Wildman–Crippen LogP) is 3.95. The summed E-state index contributed by atoms with van der Waals surface area (Å²) < 4.78 is 11.3. The Balaban J connectivity index is 2.05. The Morgan fingerprint density at radius 2 is 1.40 bits per heavy atom. The summed E-state index contributed by atoms with van der Waals surface area (Å²) >= 11 is 0. The van der Waals surface area contributed by atoms with E-state index < -0.39 is 84.5 Å². The summed E-state index contributed by atoms with van der Waals surface area (Å²) in [5.74, 6) is -6.30. The van der Waals surface area contributed by atoms with E-state index in [0.29, 0.717) is 0 Å². The standard InChI is InChI=1S/C28H18O12/c1-8-18-16(5-14(31)23(8)33)39-7-13(25(18)35)20-11(9(2)29)4-12-24(34)21-17(40-27(12)19(20)10(3)30)6-15(32)26(36)22(21)28(37)38/h4-7,31-33,36H,1-3H3,(H,37,38). The first-order valence-corrected chi connectivity index (χ1v) is 11.5. The first-order chi connectivity index (χ1) is 18.8. The maximum absolute atomic E-state index is 13.7. The lowest BCUT2D eigenvalue weighted by atomic mass is 9.88. The summed E-state index contributed by atoms with van der Waals surface area (Å²) in [5.41, 5.74) is -5.02. The number of phenolic OH excluding ortho intramolecular Hbond substituents is 3. The Labute approximate surface area is 221 Å². The molecule has 0 spiro atoms. The SMILES string of the molecule is CC(=O)c1cc2c(=O)c3c(C(=O)O)c(O)c(O)cc3oc2c(C(C)=O)c1-c1coc2cc(O)c(O)c(C)c2c1=O. The van der Waals surface area contributed by atoms with Gasteiger partial charge in [0.1, 0.15) is 28.6 Å².